The van der Waals surface area contributed by atoms with E-state index in [2.05, 4.69) is 5.32 Å². The first kappa shape index (κ1) is 11.6. The van der Waals surface area contributed by atoms with Gasteiger partial charge < -0.3 is 14.8 Å². The second kappa shape index (κ2) is 5.43. The second-order valence-corrected chi connectivity index (χ2v) is 2.80. The van der Waals surface area contributed by atoms with Crippen LogP contribution in [-0.4, -0.2) is 20.6 Å². The fourth-order valence-corrected chi connectivity index (χ4v) is 1.23. The van der Waals surface area contributed by atoms with E-state index in [1.165, 1.54) is 32.4 Å². The van der Waals surface area contributed by atoms with Gasteiger partial charge in [-0.2, -0.15) is 0 Å². The van der Waals surface area contributed by atoms with Crippen LogP contribution >= 0.6 is 0 Å². The second-order valence-electron chi connectivity index (χ2n) is 2.80. The third-order valence-electron chi connectivity index (χ3n) is 1.91. The van der Waals surface area contributed by atoms with E-state index in [-0.39, 0.29) is 5.69 Å². The van der Waals surface area contributed by atoms with Crippen LogP contribution in [0.25, 0.3) is 0 Å². The summed E-state index contributed by atoms with van der Waals surface area (Å²) in [7, 11) is 2.95. The number of carbonyl (C=O) groups excluding carboxylic acids is 1. The first-order valence-corrected chi connectivity index (χ1v) is 4.28. The van der Waals surface area contributed by atoms with E-state index in [0.717, 1.165) is 0 Å². The molecule has 0 heterocycles. The van der Waals surface area contributed by atoms with Gasteiger partial charge in [0.2, 0.25) is 6.41 Å². The van der Waals surface area contributed by atoms with Gasteiger partial charge >= 0.3 is 0 Å². The minimum atomic E-state index is -0.571. The van der Waals surface area contributed by atoms with Crippen molar-refractivity contribution in [1.29, 1.82) is 0 Å². The molecule has 1 amide bonds. The van der Waals surface area contributed by atoms with Gasteiger partial charge in [0.1, 0.15) is 5.82 Å². The predicted octanol–water partition coefficient (Wildman–Crippen LogP) is 1.69. The van der Waals surface area contributed by atoms with Gasteiger partial charge in [-0.25, -0.2) is 4.39 Å². The standard InChI is InChI=1S/C10H12FNO3/c1-14-10(15-2)7-3-4-8(11)9(5-7)12-6-13/h3-6,10H,1-2H3,(H,12,13). The Bertz CT molecular complexity index is 339. The summed E-state index contributed by atoms with van der Waals surface area (Å²) in [5.41, 5.74) is 0.729. The molecule has 1 rings (SSSR count). The largest absolute Gasteiger partial charge is 0.352 e. The molecule has 0 saturated heterocycles. The lowest BCUT2D eigenvalue weighted by molar-refractivity contribution is -0.106. The summed E-state index contributed by atoms with van der Waals surface area (Å²) in [6, 6.07) is 4.23. The van der Waals surface area contributed by atoms with Crippen LogP contribution in [-0.2, 0) is 14.3 Å². The number of benzene rings is 1. The maximum atomic E-state index is 13.1. The summed E-state index contributed by atoms with van der Waals surface area (Å²) in [4.78, 5) is 10.2. The smallest absolute Gasteiger partial charge is 0.211 e. The van der Waals surface area contributed by atoms with Crippen LogP contribution in [0, 0.1) is 5.82 Å². The Morgan fingerprint density at radius 3 is 2.60 bits per heavy atom. The lowest BCUT2D eigenvalue weighted by Gasteiger charge is -2.14. The topological polar surface area (TPSA) is 47.6 Å². The van der Waals surface area contributed by atoms with Gasteiger partial charge in [-0.05, 0) is 12.1 Å². The average Bonchev–Trinajstić information content (AvgIpc) is 2.25. The SMILES string of the molecule is COC(OC)c1ccc(F)c(NC=O)c1. The monoisotopic (exact) mass is 213 g/mol. The molecule has 0 atom stereocenters. The van der Waals surface area contributed by atoms with E-state index < -0.39 is 12.1 Å². The molecular formula is C10H12FNO3. The minimum absolute atomic E-state index is 0.0987. The summed E-state index contributed by atoms with van der Waals surface area (Å²) in [5, 5.41) is 2.25. The summed E-state index contributed by atoms with van der Waals surface area (Å²) >= 11 is 0. The molecule has 0 aliphatic rings. The fourth-order valence-electron chi connectivity index (χ4n) is 1.23. The molecule has 0 spiro atoms. The molecule has 0 saturated carbocycles. The molecule has 0 aliphatic heterocycles. The van der Waals surface area contributed by atoms with E-state index in [9.17, 15) is 9.18 Å². The minimum Gasteiger partial charge on any atom is -0.352 e. The van der Waals surface area contributed by atoms with E-state index in [0.29, 0.717) is 12.0 Å². The first-order valence-electron chi connectivity index (χ1n) is 4.28. The molecule has 1 aromatic rings. The summed E-state index contributed by atoms with van der Waals surface area (Å²) in [6.45, 7) is 0. The van der Waals surface area contributed by atoms with Crippen molar-refractivity contribution in [2.24, 2.45) is 0 Å². The third-order valence-corrected chi connectivity index (χ3v) is 1.91. The van der Waals surface area contributed by atoms with E-state index in [1.807, 2.05) is 0 Å². The molecule has 82 valence electrons. The first-order chi connectivity index (χ1) is 7.22. The predicted molar refractivity (Wildman–Crippen MR) is 52.8 cm³/mol. The molecule has 1 aromatic carbocycles. The highest BCUT2D eigenvalue weighted by Crippen LogP contribution is 2.22. The Balaban J connectivity index is 3.00. The Kier molecular flexibility index (Phi) is 4.20. The summed E-state index contributed by atoms with van der Waals surface area (Å²) < 4.78 is 23.1. The van der Waals surface area contributed by atoms with Gasteiger partial charge in [-0.15, -0.1) is 0 Å². The number of amides is 1. The Labute approximate surface area is 87.0 Å². The molecule has 4 nitrogen and oxygen atoms in total. The highest BCUT2D eigenvalue weighted by Gasteiger charge is 2.11. The van der Waals surface area contributed by atoms with Crippen LogP contribution < -0.4 is 5.32 Å². The van der Waals surface area contributed by atoms with Crippen molar-refractivity contribution in [1.82, 2.24) is 0 Å². The van der Waals surface area contributed by atoms with Gasteiger partial charge in [0.15, 0.2) is 6.29 Å². The lowest BCUT2D eigenvalue weighted by Crippen LogP contribution is -2.05. The number of hydrogen-bond donors (Lipinski definition) is 1. The van der Waals surface area contributed by atoms with Crippen molar-refractivity contribution in [3.05, 3.63) is 29.6 Å². The van der Waals surface area contributed by atoms with Gasteiger partial charge in [0.05, 0.1) is 5.69 Å². The maximum absolute atomic E-state index is 13.1. The number of halogens is 1. The number of ether oxygens (including phenoxy) is 2. The van der Waals surface area contributed by atoms with E-state index >= 15 is 0 Å². The van der Waals surface area contributed by atoms with Gasteiger partial charge in [0, 0.05) is 19.8 Å². The zero-order chi connectivity index (χ0) is 11.3. The van der Waals surface area contributed by atoms with Crippen LogP contribution in [0.5, 0.6) is 0 Å². The van der Waals surface area contributed by atoms with Crippen molar-refractivity contribution in [3.8, 4) is 0 Å². The maximum Gasteiger partial charge on any atom is 0.211 e. The van der Waals surface area contributed by atoms with Gasteiger partial charge in [0.25, 0.3) is 0 Å². The van der Waals surface area contributed by atoms with Gasteiger partial charge in [-0.1, -0.05) is 6.07 Å². The van der Waals surface area contributed by atoms with Crippen molar-refractivity contribution in [3.63, 3.8) is 0 Å². The van der Waals surface area contributed by atoms with E-state index in [4.69, 9.17) is 9.47 Å². The summed E-state index contributed by atoms with van der Waals surface area (Å²) in [6.07, 6.45) is -0.158. The van der Waals surface area contributed by atoms with Gasteiger partial charge in [-0.3, -0.25) is 4.79 Å². The molecule has 0 bridgehead atoms. The van der Waals surface area contributed by atoms with Crippen molar-refractivity contribution < 1.29 is 18.7 Å². The summed E-state index contributed by atoms with van der Waals surface area (Å²) in [5.74, 6) is -0.503. The zero-order valence-electron chi connectivity index (χ0n) is 8.49. The normalized spacial score (nSPS) is 10.4. The third kappa shape index (κ3) is 2.74. The van der Waals surface area contributed by atoms with Crippen molar-refractivity contribution >= 4 is 12.1 Å². The molecule has 0 radical (unpaired) electrons. The van der Waals surface area contributed by atoms with Crippen LogP contribution in [0.1, 0.15) is 11.9 Å². The average molecular weight is 213 g/mol. The molecule has 0 aromatic heterocycles. The van der Waals surface area contributed by atoms with E-state index in [1.54, 1.807) is 0 Å². The fraction of sp³-hybridized carbons (Fsp3) is 0.300. The molecule has 5 heteroatoms. The Morgan fingerprint density at radius 2 is 2.07 bits per heavy atom. The Morgan fingerprint density at radius 1 is 1.40 bits per heavy atom. The van der Waals surface area contributed by atoms with Crippen LogP contribution in [0.2, 0.25) is 0 Å². The van der Waals surface area contributed by atoms with Crippen molar-refractivity contribution in [2.45, 2.75) is 6.29 Å². The van der Waals surface area contributed by atoms with Crippen LogP contribution in [0.15, 0.2) is 18.2 Å². The molecule has 15 heavy (non-hydrogen) atoms. The number of hydrogen-bond acceptors (Lipinski definition) is 3. The molecule has 0 fully saturated rings. The van der Waals surface area contributed by atoms with Crippen molar-refractivity contribution in [2.75, 3.05) is 19.5 Å². The highest BCUT2D eigenvalue weighted by molar-refractivity contribution is 5.71. The van der Waals surface area contributed by atoms with Crippen LogP contribution in [0.3, 0.4) is 0 Å². The quantitative estimate of drug-likeness (QED) is 0.598. The molecule has 1 N–H and O–H groups in total. The number of nitrogens with one attached hydrogen (secondary N) is 1. The molecule has 0 aliphatic carbocycles. The number of anilines is 1. The Hall–Kier alpha value is -1.46. The number of methoxy groups -OCH3 is 2. The molecular weight excluding hydrogens is 201 g/mol. The zero-order valence-corrected chi connectivity index (χ0v) is 8.49. The highest BCUT2D eigenvalue weighted by atomic mass is 19.1. The van der Waals surface area contributed by atoms with Crippen LogP contribution in [0.4, 0.5) is 10.1 Å². The lowest BCUT2D eigenvalue weighted by atomic mass is 10.2. The number of carbonyl (C=O) groups is 1. The number of rotatable bonds is 5. The molecule has 0 unspecified atom stereocenters.